The fourth-order valence-electron chi connectivity index (χ4n) is 2.75. The molecule has 0 spiro atoms. The summed E-state index contributed by atoms with van der Waals surface area (Å²) in [4.78, 5) is 9.11. The van der Waals surface area contributed by atoms with E-state index >= 15 is 0 Å². The van der Waals surface area contributed by atoms with Gasteiger partial charge in [-0.25, -0.2) is 14.4 Å². The number of rotatable bonds is 5. The summed E-state index contributed by atoms with van der Waals surface area (Å²) in [6.45, 7) is 1.98. The van der Waals surface area contributed by atoms with Crippen molar-refractivity contribution in [3.8, 4) is 0 Å². The van der Waals surface area contributed by atoms with E-state index in [1.807, 2.05) is 55.5 Å². The van der Waals surface area contributed by atoms with E-state index in [1.54, 1.807) is 23.6 Å². The lowest BCUT2D eigenvalue weighted by molar-refractivity contribution is -0.608. The lowest BCUT2D eigenvalue weighted by Crippen LogP contribution is -2.73. The van der Waals surface area contributed by atoms with E-state index in [2.05, 4.69) is 25.7 Å². The molecule has 7 heteroatoms. The fraction of sp³-hybridized carbons (Fsp3) is 0.0455. The highest BCUT2D eigenvalue weighted by Crippen LogP contribution is 2.19. The van der Waals surface area contributed by atoms with Crippen LogP contribution < -0.4 is 16.1 Å². The Morgan fingerprint density at radius 2 is 1.62 bits per heavy atom. The van der Waals surface area contributed by atoms with E-state index in [4.69, 9.17) is 0 Å². The van der Waals surface area contributed by atoms with Crippen LogP contribution in [0, 0.1) is 5.82 Å². The van der Waals surface area contributed by atoms with E-state index in [9.17, 15) is 4.39 Å². The minimum absolute atomic E-state index is 0.287. The van der Waals surface area contributed by atoms with E-state index in [0.29, 0.717) is 23.3 Å². The summed E-state index contributed by atoms with van der Waals surface area (Å²) in [6.07, 6.45) is 5.74. The molecule has 0 saturated heterocycles. The molecule has 0 atom stereocenters. The molecular formula is C22H20FN6+. The third-order valence-corrected chi connectivity index (χ3v) is 4.11. The summed E-state index contributed by atoms with van der Waals surface area (Å²) in [6, 6.07) is 17.8. The van der Waals surface area contributed by atoms with Crippen molar-refractivity contribution < 1.29 is 9.82 Å². The van der Waals surface area contributed by atoms with Gasteiger partial charge in [0.15, 0.2) is 11.7 Å². The first kappa shape index (κ1) is 18.5. The maximum atomic E-state index is 13.2. The van der Waals surface area contributed by atoms with Gasteiger partial charge in [0.1, 0.15) is 23.1 Å². The third-order valence-electron chi connectivity index (χ3n) is 4.11. The smallest absolute Gasteiger partial charge is 0.193 e. The first-order chi connectivity index (χ1) is 14.1. The molecule has 0 aliphatic carbocycles. The predicted octanol–water partition coefficient (Wildman–Crippen LogP) is 3.74. The Bertz CT molecular complexity index is 1090. The average molecular weight is 387 g/mol. The molecule has 2 heterocycles. The van der Waals surface area contributed by atoms with Crippen LogP contribution in [0.15, 0.2) is 77.5 Å². The molecule has 3 aromatic rings. The highest BCUT2D eigenvalue weighted by Gasteiger charge is 2.11. The number of halogens is 1. The number of nitrogens with two attached hydrogens (primary N) is 1. The number of anilines is 3. The number of hydrogen-bond donors (Lipinski definition) is 3. The molecule has 0 bridgehead atoms. The molecule has 29 heavy (non-hydrogen) atoms. The molecule has 0 amide bonds. The largest absolute Gasteiger partial charge is 0.340 e. The Labute approximate surface area is 167 Å². The third kappa shape index (κ3) is 5.12. The Hall–Kier alpha value is -3.84. The number of quaternary nitrogens is 1. The summed E-state index contributed by atoms with van der Waals surface area (Å²) in [5, 5.41) is 10.7. The summed E-state index contributed by atoms with van der Waals surface area (Å²) in [5.41, 5.74) is 4.64. The van der Waals surface area contributed by atoms with Crippen LogP contribution in [0.1, 0.15) is 18.3 Å². The second-order valence-electron chi connectivity index (χ2n) is 6.53. The van der Waals surface area contributed by atoms with Gasteiger partial charge >= 0.3 is 0 Å². The van der Waals surface area contributed by atoms with Gasteiger partial charge in [0.2, 0.25) is 0 Å². The summed E-state index contributed by atoms with van der Waals surface area (Å²) in [5.74, 6) is 2.16. The van der Waals surface area contributed by atoms with Crippen LogP contribution in [0.25, 0.3) is 12.2 Å². The van der Waals surface area contributed by atoms with Gasteiger partial charge in [-0.2, -0.15) is 5.43 Å². The summed E-state index contributed by atoms with van der Waals surface area (Å²) >= 11 is 0. The van der Waals surface area contributed by atoms with Gasteiger partial charge < -0.3 is 10.6 Å². The summed E-state index contributed by atoms with van der Waals surface area (Å²) < 4.78 is 13.2. The van der Waals surface area contributed by atoms with Crippen molar-refractivity contribution in [3.05, 3.63) is 89.6 Å². The number of aromatic nitrogens is 2. The Morgan fingerprint density at radius 3 is 2.31 bits per heavy atom. The van der Waals surface area contributed by atoms with E-state index < -0.39 is 0 Å². The highest BCUT2D eigenvalue weighted by atomic mass is 19.1. The van der Waals surface area contributed by atoms with Gasteiger partial charge in [0.05, 0.1) is 0 Å². The molecule has 2 aromatic carbocycles. The Balaban J connectivity index is 1.62. The molecule has 1 aliphatic rings. The predicted molar refractivity (Wildman–Crippen MR) is 114 cm³/mol. The van der Waals surface area contributed by atoms with Crippen LogP contribution in [-0.4, -0.2) is 15.8 Å². The Kier molecular flexibility index (Phi) is 5.40. The maximum absolute atomic E-state index is 13.2. The second-order valence-corrected chi connectivity index (χ2v) is 6.53. The van der Waals surface area contributed by atoms with Crippen LogP contribution in [0.5, 0.6) is 0 Å². The van der Waals surface area contributed by atoms with Crippen LogP contribution in [0.2, 0.25) is 0 Å². The molecule has 1 aliphatic heterocycles. The van der Waals surface area contributed by atoms with E-state index in [1.165, 1.54) is 12.1 Å². The van der Waals surface area contributed by atoms with Crippen molar-refractivity contribution in [1.29, 1.82) is 0 Å². The second kappa shape index (κ2) is 8.45. The van der Waals surface area contributed by atoms with Gasteiger partial charge in [-0.05, 0) is 35.9 Å². The SMILES string of the molecule is CC1=CC(Nc2cc(Nc3ccc(F)cc3)nc(/C=C/c3ccccc3)n2)=N[NH2+]1. The number of benzene rings is 2. The van der Waals surface area contributed by atoms with Gasteiger partial charge in [0.25, 0.3) is 0 Å². The lowest BCUT2D eigenvalue weighted by Gasteiger charge is -2.09. The van der Waals surface area contributed by atoms with Gasteiger partial charge in [-0.1, -0.05) is 41.5 Å². The van der Waals surface area contributed by atoms with Crippen LogP contribution in [-0.2, 0) is 0 Å². The number of allylic oxidation sites excluding steroid dienone is 1. The van der Waals surface area contributed by atoms with Gasteiger partial charge in [-0.15, -0.1) is 0 Å². The summed E-state index contributed by atoms with van der Waals surface area (Å²) in [7, 11) is 0. The maximum Gasteiger partial charge on any atom is 0.193 e. The molecular weight excluding hydrogens is 367 g/mol. The molecule has 6 nitrogen and oxygen atoms in total. The van der Waals surface area contributed by atoms with Crippen LogP contribution in [0.3, 0.4) is 0 Å². The number of nitrogens with zero attached hydrogens (tertiary/aromatic N) is 3. The molecule has 4 rings (SSSR count). The fourth-order valence-corrected chi connectivity index (χ4v) is 2.75. The lowest BCUT2D eigenvalue weighted by atomic mass is 10.2. The molecule has 0 saturated carbocycles. The molecule has 4 N–H and O–H groups in total. The van der Waals surface area contributed by atoms with Crippen molar-refractivity contribution in [2.75, 3.05) is 10.6 Å². The molecule has 144 valence electrons. The molecule has 0 radical (unpaired) electrons. The molecule has 0 fully saturated rings. The normalized spacial score (nSPS) is 13.3. The van der Waals surface area contributed by atoms with Crippen molar-refractivity contribution in [2.24, 2.45) is 5.10 Å². The van der Waals surface area contributed by atoms with E-state index in [-0.39, 0.29) is 5.82 Å². The standard InChI is InChI=1S/C22H19FN6/c1-15-13-22(29-28-15)27-21-14-20(24-18-10-8-17(23)9-11-18)25-19(26-21)12-7-16-5-3-2-4-6-16/h2-14H,1H3,(H3,24,25,26,27,28,29)/p+1/b12-7+. The first-order valence-corrected chi connectivity index (χ1v) is 9.15. The van der Waals surface area contributed by atoms with Crippen molar-refractivity contribution in [2.45, 2.75) is 6.92 Å². The monoisotopic (exact) mass is 387 g/mol. The van der Waals surface area contributed by atoms with Crippen LogP contribution >= 0.6 is 0 Å². The first-order valence-electron chi connectivity index (χ1n) is 9.15. The topological polar surface area (TPSA) is 78.8 Å². The molecule has 1 aromatic heterocycles. The zero-order valence-corrected chi connectivity index (χ0v) is 15.8. The van der Waals surface area contributed by atoms with Crippen molar-refractivity contribution in [1.82, 2.24) is 9.97 Å². The number of nitrogens with one attached hydrogen (secondary N) is 2. The minimum atomic E-state index is -0.287. The quantitative estimate of drug-likeness (QED) is 0.583. The van der Waals surface area contributed by atoms with Gasteiger partial charge in [-0.3, -0.25) is 0 Å². The van der Waals surface area contributed by atoms with Gasteiger partial charge in [0, 0.05) is 24.8 Å². The highest BCUT2D eigenvalue weighted by molar-refractivity contribution is 6.03. The van der Waals surface area contributed by atoms with Crippen molar-refractivity contribution in [3.63, 3.8) is 0 Å². The zero-order valence-electron chi connectivity index (χ0n) is 15.8. The minimum Gasteiger partial charge on any atom is -0.340 e. The zero-order chi connectivity index (χ0) is 20.1. The number of amidine groups is 1. The average Bonchev–Trinajstić information content (AvgIpc) is 3.13. The number of hydrogen-bond acceptors (Lipinski definition) is 5. The van der Waals surface area contributed by atoms with E-state index in [0.717, 1.165) is 16.9 Å². The van der Waals surface area contributed by atoms with Crippen LogP contribution in [0.4, 0.5) is 21.7 Å². The Morgan fingerprint density at radius 1 is 0.897 bits per heavy atom. The van der Waals surface area contributed by atoms with Crippen molar-refractivity contribution >= 4 is 35.3 Å². The molecule has 0 unspecified atom stereocenters.